The Morgan fingerprint density at radius 3 is 2.14 bits per heavy atom. The summed E-state index contributed by atoms with van der Waals surface area (Å²) in [5.74, 6) is 0.857. The Bertz CT molecular complexity index is 157. The molecule has 0 unspecified atom stereocenters. The third-order valence-electron chi connectivity index (χ3n) is 3.84. The van der Waals surface area contributed by atoms with Gasteiger partial charge in [-0.25, -0.2) is 0 Å². The minimum atomic E-state index is 0.395. The van der Waals surface area contributed by atoms with Crippen molar-refractivity contribution in [3.05, 3.63) is 0 Å². The summed E-state index contributed by atoms with van der Waals surface area (Å²) in [6, 6.07) is 0. The van der Waals surface area contributed by atoms with E-state index in [1.165, 1.54) is 32.1 Å². The van der Waals surface area contributed by atoms with Gasteiger partial charge in [-0.05, 0) is 50.9 Å². The summed E-state index contributed by atoms with van der Waals surface area (Å²) in [5, 5.41) is 0. The predicted octanol–water partition coefficient (Wildman–Crippen LogP) is 4.02. The van der Waals surface area contributed by atoms with Crippen LogP contribution in [0.3, 0.4) is 0 Å². The van der Waals surface area contributed by atoms with Crippen LogP contribution in [-0.2, 0) is 4.74 Å². The molecule has 0 spiro atoms. The van der Waals surface area contributed by atoms with Gasteiger partial charge in [0.1, 0.15) is 0 Å². The first-order chi connectivity index (χ1) is 6.57. The topological polar surface area (TPSA) is 9.23 Å². The molecule has 0 aliphatic heterocycles. The Morgan fingerprint density at radius 1 is 1.14 bits per heavy atom. The third kappa shape index (κ3) is 2.98. The third-order valence-corrected chi connectivity index (χ3v) is 3.84. The van der Waals surface area contributed by atoms with Crippen LogP contribution in [0.2, 0.25) is 0 Å². The van der Waals surface area contributed by atoms with Crippen molar-refractivity contribution in [2.75, 3.05) is 6.61 Å². The molecule has 1 heteroatoms. The Kier molecular flexibility index (Phi) is 4.43. The summed E-state index contributed by atoms with van der Waals surface area (Å²) >= 11 is 0. The van der Waals surface area contributed by atoms with Gasteiger partial charge in [0.25, 0.3) is 0 Å². The van der Waals surface area contributed by atoms with Crippen LogP contribution in [0, 0.1) is 11.3 Å². The Hall–Kier alpha value is -0.0400. The molecule has 0 aromatic rings. The average Bonchev–Trinajstić information content (AvgIpc) is 1.99. The van der Waals surface area contributed by atoms with Crippen LogP contribution in [0.5, 0.6) is 0 Å². The fourth-order valence-electron chi connectivity index (χ4n) is 2.49. The summed E-state index contributed by atoms with van der Waals surface area (Å²) in [5.41, 5.74) is 0.681. The maximum atomic E-state index is 5.59. The minimum Gasteiger partial charge on any atom is -0.379 e. The van der Waals surface area contributed by atoms with Crippen molar-refractivity contribution in [1.82, 2.24) is 0 Å². The lowest BCUT2D eigenvalue weighted by Gasteiger charge is -2.46. The standard InChI is InChI=1S/C13H26O/c1-11(2)13(7-5-8-13)9-6-10-14-12(3)4/h11-12H,5-10H2,1-4H3. The smallest absolute Gasteiger partial charge is 0.0518 e. The molecule has 0 radical (unpaired) electrons. The molecule has 1 saturated carbocycles. The fraction of sp³-hybridized carbons (Fsp3) is 1.00. The van der Waals surface area contributed by atoms with Gasteiger partial charge in [-0.15, -0.1) is 0 Å². The van der Waals surface area contributed by atoms with E-state index in [1.54, 1.807) is 0 Å². The van der Waals surface area contributed by atoms with E-state index in [4.69, 9.17) is 4.74 Å². The molecule has 0 bridgehead atoms. The van der Waals surface area contributed by atoms with Crippen LogP contribution in [0.25, 0.3) is 0 Å². The normalized spacial score (nSPS) is 20.1. The first-order valence-electron chi connectivity index (χ1n) is 6.18. The van der Waals surface area contributed by atoms with Crippen molar-refractivity contribution in [3.8, 4) is 0 Å². The van der Waals surface area contributed by atoms with Gasteiger partial charge < -0.3 is 4.74 Å². The first kappa shape index (κ1) is 12.0. The molecule has 14 heavy (non-hydrogen) atoms. The van der Waals surface area contributed by atoms with Gasteiger partial charge in [0, 0.05) is 6.61 Å². The molecule has 1 fully saturated rings. The molecule has 1 nitrogen and oxygen atoms in total. The van der Waals surface area contributed by atoms with Gasteiger partial charge in [0.05, 0.1) is 6.10 Å². The molecule has 84 valence electrons. The van der Waals surface area contributed by atoms with Gasteiger partial charge in [-0.1, -0.05) is 20.3 Å². The van der Waals surface area contributed by atoms with Crippen LogP contribution in [-0.4, -0.2) is 12.7 Å². The fourth-order valence-corrected chi connectivity index (χ4v) is 2.49. The van der Waals surface area contributed by atoms with E-state index in [0.29, 0.717) is 11.5 Å². The van der Waals surface area contributed by atoms with Gasteiger partial charge in [-0.2, -0.15) is 0 Å². The van der Waals surface area contributed by atoms with Gasteiger partial charge in [0.15, 0.2) is 0 Å². The lowest BCUT2D eigenvalue weighted by atomic mass is 9.60. The molecule has 1 rings (SSSR count). The Labute approximate surface area is 89.2 Å². The van der Waals surface area contributed by atoms with E-state index in [0.717, 1.165) is 12.5 Å². The predicted molar refractivity (Wildman–Crippen MR) is 61.4 cm³/mol. The summed E-state index contributed by atoms with van der Waals surface area (Å²) in [6.45, 7) is 9.93. The second kappa shape index (κ2) is 5.16. The second-order valence-corrected chi connectivity index (χ2v) is 5.39. The second-order valence-electron chi connectivity index (χ2n) is 5.39. The first-order valence-corrected chi connectivity index (χ1v) is 6.18. The zero-order valence-electron chi connectivity index (χ0n) is 10.3. The molecule has 1 aliphatic rings. The summed E-state index contributed by atoms with van der Waals surface area (Å²) in [4.78, 5) is 0. The van der Waals surface area contributed by atoms with Crippen molar-refractivity contribution in [1.29, 1.82) is 0 Å². The maximum Gasteiger partial charge on any atom is 0.0518 e. The molecule has 0 aromatic heterocycles. The zero-order chi connectivity index (χ0) is 10.6. The molecular weight excluding hydrogens is 172 g/mol. The Morgan fingerprint density at radius 2 is 1.79 bits per heavy atom. The van der Waals surface area contributed by atoms with E-state index < -0.39 is 0 Å². The minimum absolute atomic E-state index is 0.395. The summed E-state index contributed by atoms with van der Waals surface area (Å²) in [6.07, 6.45) is 7.36. The lowest BCUT2D eigenvalue weighted by molar-refractivity contribution is 0.0267. The van der Waals surface area contributed by atoms with E-state index in [2.05, 4.69) is 27.7 Å². The van der Waals surface area contributed by atoms with E-state index in [-0.39, 0.29) is 0 Å². The monoisotopic (exact) mass is 198 g/mol. The van der Waals surface area contributed by atoms with Crippen LogP contribution >= 0.6 is 0 Å². The quantitative estimate of drug-likeness (QED) is 0.586. The highest BCUT2D eigenvalue weighted by Crippen LogP contribution is 2.50. The SMILES string of the molecule is CC(C)OCCCC1(C(C)C)CCC1. The molecule has 0 aromatic carbocycles. The van der Waals surface area contributed by atoms with E-state index in [1.807, 2.05) is 0 Å². The Balaban J connectivity index is 2.15. The lowest BCUT2D eigenvalue weighted by Crippen LogP contribution is -2.35. The molecule has 0 atom stereocenters. The molecular formula is C13H26O. The largest absolute Gasteiger partial charge is 0.379 e. The zero-order valence-corrected chi connectivity index (χ0v) is 10.3. The number of ether oxygens (including phenoxy) is 1. The highest BCUT2D eigenvalue weighted by molar-refractivity contribution is 4.89. The van der Waals surface area contributed by atoms with Crippen molar-refractivity contribution < 1.29 is 4.74 Å². The molecule has 1 aliphatic carbocycles. The molecule has 0 heterocycles. The molecule has 0 N–H and O–H groups in total. The van der Waals surface area contributed by atoms with E-state index >= 15 is 0 Å². The highest BCUT2D eigenvalue weighted by Gasteiger charge is 2.38. The maximum absolute atomic E-state index is 5.59. The number of hydrogen-bond acceptors (Lipinski definition) is 1. The van der Waals surface area contributed by atoms with Crippen LogP contribution in [0.15, 0.2) is 0 Å². The molecule has 0 saturated heterocycles. The van der Waals surface area contributed by atoms with Crippen molar-refractivity contribution in [2.45, 2.75) is 65.9 Å². The van der Waals surface area contributed by atoms with Gasteiger partial charge >= 0.3 is 0 Å². The van der Waals surface area contributed by atoms with Gasteiger partial charge in [0.2, 0.25) is 0 Å². The number of rotatable bonds is 6. The number of hydrogen-bond donors (Lipinski definition) is 0. The average molecular weight is 198 g/mol. The van der Waals surface area contributed by atoms with Crippen LogP contribution < -0.4 is 0 Å². The summed E-state index contributed by atoms with van der Waals surface area (Å²) in [7, 11) is 0. The van der Waals surface area contributed by atoms with Crippen LogP contribution in [0.4, 0.5) is 0 Å². The van der Waals surface area contributed by atoms with Crippen molar-refractivity contribution >= 4 is 0 Å². The summed E-state index contributed by atoms with van der Waals surface area (Å²) < 4.78 is 5.59. The molecule has 0 amide bonds. The van der Waals surface area contributed by atoms with Crippen LogP contribution in [0.1, 0.15) is 59.8 Å². The van der Waals surface area contributed by atoms with Gasteiger partial charge in [-0.3, -0.25) is 0 Å². The van der Waals surface area contributed by atoms with Crippen molar-refractivity contribution in [2.24, 2.45) is 11.3 Å². The highest BCUT2D eigenvalue weighted by atomic mass is 16.5. The van der Waals surface area contributed by atoms with E-state index in [9.17, 15) is 0 Å². The van der Waals surface area contributed by atoms with Crippen molar-refractivity contribution in [3.63, 3.8) is 0 Å².